The van der Waals surface area contributed by atoms with Crippen molar-refractivity contribution >= 4 is 11.6 Å². The number of carbonyl (C=O) groups is 2. The summed E-state index contributed by atoms with van der Waals surface area (Å²) >= 11 is 0. The third-order valence-corrected chi connectivity index (χ3v) is 0.813. The largest absolute Gasteiger partial charge is 1.00 e. The third-order valence-electron chi connectivity index (χ3n) is 0.813. The standard InChI is InChI=1S/2C5H8O2.2Cu/c2*1-4(6)3-5(2)7;;/h2*3,6H,1-2H3;;/q;;2*+1/p-2/b2*4-3-;;. The Morgan fingerprint density at radius 2 is 0.938 bits per heavy atom. The number of hydrogen-bond donors (Lipinski definition) is 0. The van der Waals surface area contributed by atoms with Gasteiger partial charge in [-0.2, -0.15) is 0 Å². The number of allylic oxidation sites excluding steroid dienone is 4. The molecule has 0 saturated heterocycles. The van der Waals surface area contributed by atoms with Gasteiger partial charge < -0.3 is 10.2 Å². The van der Waals surface area contributed by atoms with Gasteiger partial charge in [0.25, 0.3) is 0 Å². The molecule has 16 heavy (non-hydrogen) atoms. The second kappa shape index (κ2) is 14.5. The summed E-state index contributed by atoms with van der Waals surface area (Å²) in [7, 11) is 0. The van der Waals surface area contributed by atoms with Crippen LogP contribution < -0.4 is 10.2 Å². The van der Waals surface area contributed by atoms with Crippen molar-refractivity contribution in [3.05, 3.63) is 23.7 Å². The zero-order valence-corrected chi connectivity index (χ0v) is 11.3. The molecule has 0 radical (unpaired) electrons. The molecular formula is C10H14Cu2O4. The first-order valence-corrected chi connectivity index (χ1v) is 3.97. The number of carbonyl (C=O) groups excluding carboxylic acids is 2. The molecule has 0 aliphatic heterocycles. The van der Waals surface area contributed by atoms with E-state index in [0.717, 1.165) is 12.2 Å². The quantitative estimate of drug-likeness (QED) is 0.396. The van der Waals surface area contributed by atoms with E-state index >= 15 is 0 Å². The molecule has 0 heterocycles. The van der Waals surface area contributed by atoms with Crippen LogP contribution in [0.25, 0.3) is 0 Å². The molecule has 0 aliphatic carbocycles. The van der Waals surface area contributed by atoms with Crippen molar-refractivity contribution in [2.24, 2.45) is 0 Å². The van der Waals surface area contributed by atoms with Crippen LogP contribution in [-0.4, -0.2) is 11.6 Å². The summed E-state index contributed by atoms with van der Waals surface area (Å²) in [6.45, 7) is 5.39. The first-order valence-electron chi connectivity index (χ1n) is 3.97. The Balaban J connectivity index is -0.0000000800. The third kappa shape index (κ3) is 37.6. The Bertz CT molecular complexity index is 234. The second-order valence-electron chi connectivity index (χ2n) is 2.73. The van der Waals surface area contributed by atoms with Crippen LogP contribution in [0.4, 0.5) is 0 Å². The Labute approximate surface area is 117 Å². The second-order valence-corrected chi connectivity index (χ2v) is 2.73. The van der Waals surface area contributed by atoms with E-state index in [9.17, 15) is 19.8 Å². The first kappa shape index (κ1) is 24.6. The zero-order chi connectivity index (χ0) is 11.7. The van der Waals surface area contributed by atoms with Gasteiger partial charge in [-0.3, -0.25) is 9.59 Å². The molecule has 0 spiro atoms. The van der Waals surface area contributed by atoms with E-state index in [-0.39, 0.29) is 57.2 Å². The summed E-state index contributed by atoms with van der Waals surface area (Å²) in [5, 5.41) is 20.0. The zero-order valence-electron chi connectivity index (χ0n) is 9.39. The minimum Gasteiger partial charge on any atom is -0.876 e. The predicted octanol–water partition coefficient (Wildman–Crippen LogP) is -0.326. The summed E-state index contributed by atoms with van der Waals surface area (Å²) in [6.07, 6.45) is 2.11. The average molecular weight is 325 g/mol. The minimum atomic E-state index is -0.187. The van der Waals surface area contributed by atoms with Crippen molar-refractivity contribution < 1.29 is 53.9 Å². The Kier molecular flexibility index (Phi) is 22.2. The monoisotopic (exact) mass is 324 g/mol. The minimum absolute atomic E-state index is 0. The van der Waals surface area contributed by atoms with E-state index in [1.54, 1.807) is 0 Å². The molecule has 0 aromatic heterocycles. The van der Waals surface area contributed by atoms with Crippen molar-refractivity contribution in [2.45, 2.75) is 27.7 Å². The van der Waals surface area contributed by atoms with Crippen LogP contribution in [0.5, 0.6) is 0 Å². The molecule has 0 rings (SSSR count). The molecule has 0 bridgehead atoms. The molecule has 0 N–H and O–H groups in total. The van der Waals surface area contributed by atoms with Gasteiger partial charge in [-0.1, -0.05) is 13.8 Å². The number of hydrogen-bond acceptors (Lipinski definition) is 4. The van der Waals surface area contributed by atoms with Gasteiger partial charge in [0, 0.05) is 0 Å². The van der Waals surface area contributed by atoms with Crippen LogP contribution in [0.2, 0.25) is 0 Å². The topological polar surface area (TPSA) is 80.3 Å². The van der Waals surface area contributed by atoms with E-state index in [2.05, 4.69) is 0 Å². The fourth-order valence-electron chi connectivity index (χ4n) is 0.572. The van der Waals surface area contributed by atoms with Gasteiger partial charge in [-0.15, -0.1) is 11.5 Å². The Morgan fingerprint density at radius 1 is 0.750 bits per heavy atom. The van der Waals surface area contributed by atoms with Gasteiger partial charge in [0.15, 0.2) is 11.6 Å². The molecule has 0 amide bonds. The number of ketones is 2. The molecular weight excluding hydrogens is 311 g/mol. The molecule has 0 unspecified atom stereocenters. The van der Waals surface area contributed by atoms with E-state index in [1.165, 1.54) is 27.7 Å². The predicted molar refractivity (Wildman–Crippen MR) is 48.9 cm³/mol. The molecule has 0 saturated carbocycles. The molecule has 0 aromatic carbocycles. The smallest absolute Gasteiger partial charge is 0.876 e. The van der Waals surface area contributed by atoms with Crippen molar-refractivity contribution in [3.63, 3.8) is 0 Å². The summed E-state index contributed by atoms with van der Waals surface area (Å²) in [6, 6.07) is 0. The maximum Gasteiger partial charge on any atom is 1.00 e. The van der Waals surface area contributed by atoms with Crippen molar-refractivity contribution in [2.75, 3.05) is 0 Å². The maximum atomic E-state index is 9.98. The van der Waals surface area contributed by atoms with Gasteiger partial charge >= 0.3 is 34.1 Å². The summed E-state index contributed by atoms with van der Waals surface area (Å²) in [5.74, 6) is -0.750. The van der Waals surface area contributed by atoms with Crippen molar-refractivity contribution in [3.8, 4) is 0 Å². The van der Waals surface area contributed by atoms with Crippen LogP contribution in [0.15, 0.2) is 23.7 Å². The van der Waals surface area contributed by atoms with Gasteiger partial charge in [0.2, 0.25) is 0 Å². The molecule has 0 fully saturated rings. The first-order chi connectivity index (χ1) is 6.25. The fraction of sp³-hybridized carbons (Fsp3) is 0.400. The van der Waals surface area contributed by atoms with Gasteiger partial charge in [-0.25, -0.2) is 0 Å². The molecule has 4 nitrogen and oxygen atoms in total. The van der Waals surface area contributed by atoms with Crippen molar-refractivity contribution in [1.29, 1.82) is 0 Å². The van der Waals surface area contributed by atoms with Crippen LogP contribution in [0, 0.1) is 0 Å². The van der Waals surface area contributed by atoms with E-state index in [0.29, 0.717) is 0 Å². The van der Waals surface area contributed by atoms with Crippen LogP contribution in [0.1, 0.15) is 27.7 Å². The molecule has 0 aromatic rings. The van der Waals surface area contributed by atoms with Crippen LogP contribution in [-0.2, 0) is 43.7 Å². The molecule has 100 valence electrons. The number of rotatable bonds is 2. The molecule has 6 heteroatoms. The SMILES string of the molecule is CC(=O)/C=C(/C)[O-].CC(=O)/C=C(/C)[O-].[Cu+].[Cu+]. The normalized spacial score (nSPS) is 10.0. The maximum absolute atomic E-state index is 9.98. The Hall–Kier alpha value is -0.541. The van der Waals surface area contributed by atoms with Crippen LogP contribution in [0.3, 0.4) is 0 Å². The van der Waals surface area contributed by atoms with Crippen LogP contribution >= 0.6 is 0 Å². The molecule has 0 aliphatic rings. The molecule has 0 atom stereocenters. The van der Waals surface area contributed by atoms with Gasteiger partial charge in [-0.05, 0) is 26.0 Å². The van der Waals surface area contributed by atoms with E-state index in [1.807, 2.05) is 0 Å². The average Bonchev–Trinajstić information content (AvgIpc) is 1.79. The summed E-state index contributed by atoms with van der Waals surface area (Å²) in [5.41, 5.74) is 0. The van der Waals surface area contributed by atoms with Crippen molar-refractivity contribution in [1.82, 2.24) is 0 Å². The summed E-state index contributed by atoms with van der Waals surface area (Å²) in [4.78, 5) is 20.0. The van der Waals surface area contributed by atoms with Gasteiger partial charge in [0.05, 0.1) is 0 Å². The van der Waals surface area contributed by atoms with E-state index < -0.39 is 0 Å². The van der Waals surface area contributed by atoms with Gasteiger partial charge in [0.1, 0.15) is 0 Å². The summed E-state index contributed by atoms with van der Waals surface area (Å²) < 4.78 is 0. The van der Waals surface area contributed by atoms with E-state index in [4.69, 9.17) is 0 Å². The Morgan fingerprint density at radius 3 is 0.938 bits per heavy atom. The fourth-order valence-corrected chi connectivity index (χ4v) is 0.572.